The monoisotopic (exact) mass is 169 g/mol. The van der Waals surface area contributed by atoms with Crippen LogP contribution in [0.15, 0.2) is 0 Å². The largest absolute Gasteiger partial charge is 0.326 e. The summed E-state index contributed by atoms with van der Waals surface area (Å²) in [6.45, 7) is 5.53. The molecule has 1 saturated carbocycles. The molecular formula is C9H19N3. The van der Waals surface area contributed by atoms with Gasteiger partial charge in [0.2, 0.25) is 0 Å². The summed E-state index contributed by atoms with van der Waals surface area (Å²) in [4.78, 5) is 2.53. The predicted molar refractivity (Wildman–Crippen MR) is 49.8 cm³/mol. The van der Waals surface area contributed by atoms with Gasteiger partial charge in [-0.25, -0.2) is 0 Å². The third-order valence-electron chi connectivity index (χ3n) is 3.06. The summed E-state index contributed by atoms with van der Waals surface area (Å²) in [5.74, 6) is 0. The Kier molecular flexibility index (Phi) is 2.10. The van der Waals surface area contributed by atoms with E-state index in [0.717, 1.165) is 13.1 Å². The molecule has 12 heavy (non-hydrogen) atoms. The van der Waals surface area contributed by atoms with Gasteiger partial charge in [0.15, 0.2) is 0 Å². The van der Waals surface area contributed by atoms with Gasteiger partial charge >= 0.3 is 0 Å². The Morgan fingerprint density at radius 3 is 2.75 bits per heavy atom. The highest BCUT2D eigenvalue weighted by atomic mass is 15.4. The molecule has 0 spiro atoms. The van der Waals surface area contributed by atoms with Gasteiger partial charge in [-0.1, -0.05) is 6.92 Å². The Bertz CT molecular complexity index is 165. The first-order valence-corrected chi connectivity index (χ1v) is 5.02. The molecule has 3 N–H and O–H groups in total. The second-order valence-electron chi connectivity index (χ2n) is 4.06. The Labute approximate surface area is 74.3 Å². The number of rotatable bonds is 3. The minimum atomic E-state index is 0.364. The van der Waals surface area contributed by atoms with Gasteiger partial charge in [0.25, 0.3) is 0 Å². The minimum absolute atomic E-state index is 0.364. The smallest absolute Gasteiger partial charge is 0.0715 e. The quantitative estimate of drug-likeness (QED) is 0.630. The number of likely N-dealkylation sites (tertiary alicyclic amines) is 1. The highest BCUT2D eigenvalue weighted by Gasteiger charge is 2.48. The molecule has 2 fully saturated rings. The molecule has 0 amide bonds. The Morgan fingerprint density at radius 2 is 2.33 bits per heavy atom. The van der Waals surface area contributed by atoms with Crippen LogP contribution >= 0.6 is 0 Å². The Morgan fingerprint density at radius 1 is 1.58 bits per heavy atom. The number of nitrogens with two attached hydrogens (primary N) is 1. The molecule has 0 aromatic carbocycles. The summed E-state index contributed by atoms with van der Waals surface area (Å²) in [5, 5.41) is 3.57. The van der Waals surface area contributed by atoms with Crippen LogP contribution in [0.5, 0.6) is 0 Å². The van der Waals surface area contributed by atoms with Gasteiger partial charge in [0, 0.05) is 19.1 Å². The summed E-state index contributed by atoms with van der Waals surface area (Å²) in [6.07, 6.45) is 3.80. The van der Waals surface area contributed by atoms with Gasteiger partial charge in [-0.15, -0.1) is 0 Å². The van der Waals surface area contributed by atoms with Gasteiger partial charge in [-0.05, 0) is 25.8 Å². The summed E-state index contributed by atoms with van der Waals surface area (Å²) in [6, 6.07) is 0.418. The van der Waals surface area contributed by atoms with Gasteiger partial charge in [0.05, 0.1) is 5.66 Å². The number of nitrogens with zero attached hydrogens (tertiary/aromatic N) is 1. The molecular weight excluding hydrogens is 150 g/mol. The van der Waals surface area contributed by atoms with Crippen molar-refractivity contribution >= 4 is 0 Å². The molecule has 0 aromatic rings. The van der Waals surface area contributed by atoms with E-state index in [0.29, 0.717) is 11.7 Å². The van der Waals surface area contributed by atoms with Crippen molar-refractivity contribution in [2.24, 2.45) is 5.73 Å². The topological polar surface area (TPSA) is 41.3 Å². The molecule has 3 heteroatoms. The molecule has 3 nitrogen and oxygen atoms in total. The van der Waals surface area contributed by atoms with Crippen LogP contribution in [0.2, 0.25) is 0 Å². The first-order chi connectivity index (χ1) is 5.77. The lowest BCUT2D eigenvalue weighted by atomic mass is 10.3. The predicted octanol–water partition coefficient (Wildman–Crippen LogP) is 0.119. The van der Waals surface area contributed by atoms with E-state index in [1.165, 1.54) is 25.8 Å². The molecule has 1 atom stereocenters. The van der Waals surface area contributed by atoms with Crippen molar-refractivity contribution in [3.8, 4) is 0 Å². The molecule has 2 rings (SSSR count). The van der Waals surface area contributed by atoms with Crippen molar-refractivity contribution in [1.82, 2.24) is 10.2 Å². The van der Waals surface area contributed by atoms with Crippen molar-refractivity contribution in [1.29, 1.82) is 0 Å². The summed E-state index contributed by atoms with van der Waals surface area (Å²) >= 11 is 0. The van der Waals surface area contributed by atoms with E-state index >= 15 is 0 Å². The fourth-order valence-corrected chi connectivity index (χ4v) is 2.23. The van der Waals surface area contributed by atoms with Gasteiger partial charge in [-0.2, -0.15) is 0 Å². The summed E-state index contributed by atoms with van der Waals surface area (Å²) in [7, 11) is 0. The maximum absolute atomic E-state index is 5.88. The minimum Gasteiger partial charge on any atom is -0.326 e. The molecule has 70 valence electrons. The fraction of sp³-hybridized carbons (Fsp3) is 1.00. The standard InChI is InChI=1S/C9H19N3/c1-2-11-9(4-5-9)12-6-3-8(10)7-12/h8,11H,2-7,10H2,1H3. The van der Waals surface area contributed by atoms with E-state index in [1.54, 1.807) is 0 Å². The first-order valence-electron chi connectivity index (χ1n) is 5.02. The van der Waals surface area contributed by atoms with Crippen LogP contribution in [-0.4, -0.2) is 36.2 Å². The van der Waals surface area contributed by atoms with Crippen LogP contribution in [-0.2, 0) is 0 Å². The highest BCUT2D eigenvalue weighted by molar-refractivity contribution is 5.03. The van der Waals surface area contributed by atoms with Crippen LogP contribution in [0, 0.1) is 0 Å². The molecule has 1 aliphatic heterocycles. The van der Waals surface area contributed by atoms with Crippen molar-refractivity contribution in [2.75, 3.05) is 19.6 Å². The van der Waals surface area contributed by atoms with Crippen molar-refractivity contribution < 1.29 is 0 Å². The summed E-state index contributed by atoms with van der Waals surface area (Å²) in [5.41, 5.74) is 6.24. The number of hydrogen-bond acceptors (Lipinski definition) is 3. The van der Waals surface area contributed by atoms with E-state index < -0.39 is 0 Å². The third-order valence-corrected chi connectivity index (χ3v) is 3.06. The zero-order valence-corrected chi connectivity index (χ0v) is 7.84. The van der Waals surface area contributed by atoms with Crippen LogP contribution in [0.4, 0.5) is 0 Å². The molecule has 1 unspecified atom stereocenters. The van der Waals surface area contributed by atoms with E-state index in [-0.39, 0.29) is 0 Å². The fourth-order valence-electron chi connectivity index (χ4n) is 2.23. The van der Waals surface area contributed by atoms with Gasteiger partial charge in [0.1, 0.15) is 0 Å². The molecule has 1 heterocycles. The molecule has 0 aromatic heterocycles. The molecule has 1 saturated heterocycles. The second kappa shape index (κ2) is 2.98. The lowest BCUT2D eigenvalue weighted by Gasteiger charge is -2.28. The van der Waals surface area contributed by atoms with Crippen LogP contribution in [0.3, 0.4) is 0 Å². The maximum atomic E-state index is 5.88. The van der Waals surface area contributed by atoms with Crippen LogP contribution in [0.25, 0.3) is 0 Å². The van der Waals surface area contributed by atoms with Crippen LogP contribution < -0.4 is 11.1 Å². The number of nitrogens with one attached hydrogen (secondary N) is 1. The number of hydrogen-bond donors (Lipinski definition) is 2. The van der Waals surface area contributed by atoms with E-state index in [4.69, 9.17) is 5.73 Å². The Hall–Kier alpha value is -0.120. The average molecular weight is 169 g/mol. The lowest BCUT2D eigenvalue weighted by Crippen LogP contribution is -2.47. The molecule has 0 radical (unpaired) electrons. The molecule has 1 aliphatic carbocycles. The zero-order valence-electron chi connectivity index (χ0n) is 7.84. The first kappa shape index (κ1) is 8.48. The van der Waals surface area contributed by atoms with Crippen molar-refractivity contribution in [2.45, 2.75) is 37.9 Å². The Balaban J connectivity index is 1.91. The van der Waals surface area contributed by atoms with E-state index in [2.05, 4.69) is 17.1 Å². The van der Waals surface area contributed by atoms with Crippen LogP contribution in [0.1, 0.15) is 26.2 Å². The molecule has 0 bridgehead atoms. The van der Waals surface area contributed by atoms with E-state index in [9.17, 15) is 0 Å². The van der Waals surface area contributed by atoms with Gasteiger partial charge < -0.3 is 5.73 Å². The maximum Gasteiger partial charge on any atom is 0.0715 e. The van der Waals surface area contributed by atoms with E-state index in [1.807, 2.05) is 0 Å². The summed E-state index contributed by atoms with van der Waals surface area (Å²) < 4.78 is 0. The normalized spacial score (nSPS) is 34.0. The van der Waals surface area contributed by atoms with Gasteiger partial charge in [-0.3, -0.25) is 10.2 Å². The lowest BCUT2D eigenvalue weighted by molar-refractivity contribution is 0.181. The SMILES string of the molecule is CCNC1(N2CCC(N)C2)CC1. The third kappa shape index (κ3) is 1.37. The molecule has 2 aliphatic rings. The second-order valence-corrected chi connectivity index (χ2v) is 4.06. The van der Waals surface area contributed by atoms with Crippen molar-refractivity contribution in [3.05, 3.63) is 0 Å². The highest BCUT2D eigenvalue weighted by Crippen LogP contribution is 2.40. The van der Waals surface area contributed by atoms with Crippen molar-refractivity contribution in [3.63, 3.8) is 0 Å². The average Bonchev–Trinajstić information content (AvgIpc) is 2.69. The zero-order chi connectivity index (χ0) is 8.60.